The molecule has 3 aromatic rings. The Hall–Kier alpha value is -3.00. The van der Waals surface area contributed by atoms with Crippen molar-refractivity contribution in [3.8, 4) is 11.5 Å². The Balaban J connectivity index is 1.39. The average Bonchev–Trinajstić information content (AvgIpc) is 3.11. The van der Waals surface area contributed by atoms with Crippen molar-refractivity contribution >= 4 is 23.2 Å². The second-order valence-corrected chi connectivity index (χ2v) is 6.33. The van der Waals surface area contributed by atoms with Crippen LogP contribution in [0.15, 0.2) is 41.5 Å². The van der Waals surface area contributed by atoms with Crippen molar-refractivity contribution in [1.29, 1.82) is 0 Å². The lowest BCUT2D eigenvalue weighted by Gasteiger charge is -2.20. The summed E-state index contributed by atoms with van der Waals surface area (Å²) in [6, 6.07) is 9.57. The summed E-state index contributed by atoms with van der Waals surface area (Å²) in [6.45, 7) is 2.07. The predicted molar refractivity (Wildman–Crippen MR) is 102 cm³/mol. The Morgan fingerprint density at radius 1 is 1.19 bits per heavy atom. The fourth-order valence-electron chi connectivity index (χ4n) is 2.85. The minimum Gasteiger partial charge on any atom is -0.486 e. The van der Waals surface area contributed by atoms with E-state index in [9.17, 15) is 0 Å². The number of aromatic nitrogens is 3. The van der Waals surface area contributed by atoms with E-state index in [4.69, 9.17) is 21.1 Å². The number of halogens is 1. The van der Waals surface area contributed by atoms with Crippen LogP contribution in [0.3, 0.4) is 0 Å². The van der Waals surface area contributed by atoms with E-state index >= 15 is 0 Å². The first-order valence-corrected chi connectivity index (χ1v) is 8.93. The maximum atomic E-state index is 6.28. The highest BCUT2D eigenvalue weighted by Crippen LogP contribution is 2.38. The molecule has 3 heterocycles. The van der Waals surface area contributed by atoms with Gasteiger partial charge >= 0.3 is 0 Å². The van der Waals surface area contributed by atoms with Gasteiger partial charge in [0.1, 0.15) is 13.2 Å². The molecule has 2 N–H and O–H groups in total. The predicted octanol–water partition coefficient (Wildman–Crippen LogP) is 2.02. The average molecular weight is 387 g/mol. The lowest BCUT2D eigenvalue weighted by Crippen LogP contribution is -2.36. The van der Waals surface area contributed by atoms with Crippen LogP contribution in [-0.2, 0) is 13.1 Å². The number of pyridine rings is 1. The molecule has 0 fully saturated rings. The van der Waals surface area contributed by atoms with Crippen LogP contribution in [0.2, 0.25) is 5.02 Å². The molecule has 2 aromatic heterocycles. The van der Waals surface area contributed by atoms with Crippen molar-refractivity contribution in [2.24, 2.45) is 4.99 Å². The van der Waals surface area contributed by atoms with Gasteiger partial charge in [0.2, 0.25) is 0 Å². The van der Waals surface area contributed by atoms with Crippen LogP contribution in [0.1, 0.15) is 11.4 Å². The molecule has 0 spiro atoms. The van der Waals surface area contributed by atoms with Gasteiger partial charge in [-0.15, -0.1) is 10.2 Å². The van der Waals surface area contributed by atoms with Crippen LogP contribution in [-0.4, -0.2) is 40.8 Å². The maximum absolute atomic E-state index is 6.28. The lowest BCUT2D eigenvalue weighted by molar-refractivity contribution is 0.171. The number of nitrogens with one attached hydrogen (secondary N) is 2. The molecule has 9 heteroatoms. The van der Waals surface area contributed by atoms with Gasteiger partial charge in [-0.1, -0.05) is 17.7 Å². The second kappa shape index (κ2) is 7.71. The summed E-state index contributed by atoms with van der Waals surface area (Å²) in [5.41, 5.74) is 1.78. The van der Waals surface area contributed by atoms with Crippen LogP contribution in [0.25, 0.3) is 5.65 Å². The normalized spacial score (nSPS) is 13.6. The topological polar surface area (TPSA) is 85.1 Å². The number of guanidine groups is 1. The zero-order valence-electron chi connectivity index (χ0n) is 14.8. The van der Waals surface area contributed by atoms with Crippen molar-refractivity contribution < 1.29 is 9.47 Å². The molecule has 1 aliphatic heterocycles. The summed E-state index contributed by atoms with van der Waals surface area (Å²) in [4.78, 5) is 4.24. The minimum atomic E-state index is 0.493. The molecule has 4 rings (SSSR count). The summed E-state index contributed by atoms with van der Waals surface area (Å²) in [6.07, 6.45) is 1.93. The maximum Gasteiger partial charge on any atom is 0.191 e. The van der Waals surface area contributed by atoms with Gasteiger partial charge < -0.3 is 20.1 Å². The van der Waals surface area contributed by atoms with Gasteiger partial charge in [-0.3, -0.25) is 9.39 Å². The van der Waals surface area contributed by atoms with Crippen LogP contribution in [0, 0.1) is 0 Å². The van der Waals surface area contributed by atoms with Gasteiger partial charge in [0.15, 0.2) is 28.9 Å². The van der Waals surface area contributed by atoms with Gasteiger partial charge in [0, 0.05) is 19.8 Å². The molecule has 0 radical (unpaired) electrons. The molecule has 0 atom stereocenters. The van der Waals surface area contributed by atoms with Gasteiger partial charge in [-0.25, -0.2) is 0 Å². The van der Waals surface area contributed by atoms with Gasteiger partial charge in [0.25, 0.3) is 0 Å². The molecule has 0 bridgehead atoms. The molecule has 0 saturated carbocycles. The molecule has 1 aromatic carbocycles. The molecule has 0 aliphatic carbocycles. The molecule has 0 unspecified atom stereocenters. The summed E-state index contributed by atoms with van der Waals surface area (Å²) < 4.78 is 13.1. The number of fused-ring (bicyclic) bond motifs is 2. The summed E-state index contributed by atoms with van der Waals surface area (Å²) in [5.74, 6) is 2.72. The Bertz CT molecular complexity index is 987. The molecule has 0 amide bonds. The highest BCUT2D eigenvalue weighted by Gasteiger charge is 2.16. The smallest absolute Gasteiger partial charge is 0.191 e. The first-order valence-electron chi connectivity index (χ1n) is 8.56. The van der Waals surface area contributed by atoms with Crippen molar-refractivity contribution in [2.75, 3.05) is 20.3 Å². The zero-order valence-corrected chi connectivity index (χ0v) is 15.5. The highest BCUT2D eigenvalue weighted by molar-refractivity contribution is 6.32. The highest BCUT2D eigenvalue weighted by atomic mass is 35.5. The first-order chi connectivity index (χ1) is 13.2. The molecular formula is C18H19ClN6O2. The molecular weight excluding hydrogens is 368 g/mol. The van der Waals surface area contributed by atoms with Crippen molar-refractivity contribution in [3.05, 3.63) is 52.9 Å². The molecule has 27 heavy (non-hydrogen) atoms. The van der Waals surface area contributed by atoms with Crippen molar-refractivity contribution in [1.82, 2.24) is 25.2 Å². The Morgan fingerprint density at radius 2 is 2.04 bits per heavy atom. The number of hydrogen-bond acceptors (Lipinski definition) is 5. The van der Waals surface area contributed by atoms with Gasteiger partial charge in [-0.2, -0.15) is 0 Å². The third kappa shape index (κ3) is 3.75. The fraction of sp³-hybridized carbons (Fsp3) is 0.278. The molecule has 0 saturated heterocycles. The van der Waals surface area contributed by atoms with Crippen molar-refractivity contribution in [3.63, 3.8) is 0 Å². The summed E-state index contributed by atoms with van der Waals surface area (Å²) in [5, 5.41) is 15.4. The number of nitrogens with zero attached hydrogens (tertiary/aromatic N) is 4. The van der Waals surface area contributed by atoms with Crippen molar-refractivity contribution in [2.45, 2.75) is 13.1 Å². The summed E-state index contributed by atoms with van der Waals surface area (Å²) >= 11 is 6.28. The quantitative estimate of drug-likeness (QED) is 0.527. The Labute approximate surface area is 161 Å². The first kappa shape index (κ1) is 17.4. The van der Waals surface area contributed by atoms with E-state index in [-0.39, 0.29) is 0 Å². The third-order valence-corrected chi connectivity index (χ3v) is 4.42. The summed E-state index contributed by atoms with van der Waals surface area (Å²) in [7, 11) is 1.72. The van der Waals surface area contributed by atoms with E-state index in [1.165, 1.54) is 0 Å². The number of aliphatic imine (C=N–C) groups is 1. The van der Waals surface area contributed by atoms with E-state index in [2.05, 4.69) is 25.8 Å². The standard InChI is InChI=1S/C18H19ClN6O2/c1-20-18(22-11-16-24-23-15-4-2-3-5-25(15)16)21-10-12-8-13(19)17-14(9-12)26-6-7-27-17/h2-5,8-9H,6-7,10-11H2,1H3,(H2,20,21,22). The van der Waals surface area contributed by atoms with Crippen LogP contribution >= 0.6 is 11.6 Å². The van der Waals surface area contributed by atoms with E-state index in [1.54, 1.807) is 7.05 Å². The van der Waals surface area contributed by atoms with E-state index in [1.807, 2.05) is 40.9 Å². The lowest BCUT2D eigenvalue weighted by atomic mass is 10.2. The fourth-order valence-corrected chi connectivity index (χ4v) is 3.13. The number of ether oxygens (including phenoxy) is 2. The number of benzene rings is 1. The van der Waals surface area contributed by atoms with E-state index in [0.717, 1.165) is 17.0 Å². The largest absolute Gasteiger partial charge is 0.486 e. The second-order valence-electron chi connectivity index (χ2n) is 5.93. The SMILES string of the molecule is CN=C(NCc1cc(Cl)c2c(c1)OCCO2)NCc1nnc2ccccn12. The van der Waals surface area contributed by atoms with Gasteiger partial charge in [0.05, 0.1) is 11.6 Å². The molecule has 1 aliphatic rings. The van der Waals surface area contributed by atoms with Gasteiger partial charge in [-0.05, 0) is 29.8 Å². The zero-order chi connectivity index (χ0) is 18.6. The van der Waals surface area contributed by atoms with E-state index in [0.29, 0.717) is 48.8 Å². The molecule has 140 valence electrons. The van der Waals surface area contributed by atoms with Crippen LogP contribution < -0.4 is 20.1 Å². The molecule has 8 nitrogen and oxygen atoms in total. The minimum absolute atomic E-state index is 0.493. The monoisotopic (exact) mass is 386 g/mol. The Morgan fingerprint density at radius 3 is 2.93 bits per heavy atom. The number of hydrogen-bond donors (Lipinski definition) is 2. The van der Waals surface area contributed by atoms with E-state index < -0.39 is 0 Å². The Kier molecular flexibility index (Phi) is 4.97. The van der Waals surface area contributed by atoms with Crippen LogP contribution in [0.4, 0.5) is 0 Å². The number of rotatable bonds is 4. The third-order valence-electron chi connectivity index (χ3n) is 4.14. The van der Waals surface area contributed by atoms with Crippen LogP contribution in [0.5, 0.6) is 11.5 Å².